The van der Waals surface area contributed by atoms with Crippen LogP contribution in [0.25, 0.3) is 0 Å². The van der Waals surface area contributed by atoms with Gasteiger partial charge >= 0.3 is 0 Å². The van der Waals surface area contributed by atoms with Crippen LogP contribution in [-0.4, -0.2) is 57.6 Å². The number of hydrogen-bond acceptors (Lipinski definition) is 5. The number of hydrogen-bond donors (Lipinski definition) is 1. The summed E-state index contributed by atoms with van der Waals surface area (Å²) in [5.41, 5.74) is 2.90. The molecule has 10 heteroatoms. The van der Waals surface area contributed by atoms with E-state index in [0.717, 1.165) is 33.7 Å². The lowest BCUT2D eigenvalue weighted by Crippen LogP contribution is -2.53. The predicted molar refractivity (Wildman–Crippen MR) is 159 cm³/mol. The largest absolute Gasteiger partial charge is 0.495 e. The maximum atomic E-state index is 14.1. The molecule has 0 aliphatic rings. The fourth-order valence-corrected chi connectivity index (χ4v) is 5.41. The Kier molecular flexibility index (Phi) is 11.0. The zero-order valence-corrected chi connectivity index (χ0v) is 24.8. The molecule has 1 N–H and O–H groups in total. The lowest BCUT2D eigenvalue weighted by Gasteiger charge is -2.34. The number of benzene rings is 3. The molecule has 3 aromatic rings. The summed E-state index contributed by atoms with van der Waals surface area (Å²) < 4.78 is 32.0. The highest BCUT2D eigenvalue weighted by Crippen LogP contribution is 2.30. The van der Waals surface area contributed by atoms with Gasteiger partial charge in [0, 0.05) is 19.5 Å². The average molecular weight is 586 g/mol. The molecule has 0 spiro atoms. The molecule has 0 heterocycles. The molecule has 40 heavy (non-hydrogen) atoms. The Balaban J connectivity index is 2.06. The van der Waals surface area contributed by atoms with Crippen molar-refractivity contribution in [2.45, 2.75) is 39.3 Å². The first-order chi connectivity index (χ1) is 19.0. The van der Waals surface area contributed by atoms with Crippen molar-refractivity contribution < 1.29 is 22.7 Å². The van der Waals surface area contributed by atoms with Crippen molar-refractivity contribution in [3.8, 4) is 5.75 Å². The molecule has 0 bridgehead atoms. The lowest BCUT2D eigenvalue weighted by molar-refractivity contribution is -0.140. The number of carbonyl (C=O) groups is 2. The van der Waals surface area contributed by atoms with Gasteiger partial charge in [-0.05, 0) is 48.2 Å². The van der Waals surface area contributed by atoms with E-state index in [0.29, 0.717) is 12.3 Å². The molecule has 0 aliphatic carbocycles. The van der Waals surface area contributed by atoms with Gasteiger partial charge in [0.15, 0.2) is 0 Å². The van der Waals surface area contributed by atoms with Gasteiger partial charge in [-0.2, -0.15) is 0 Å². The third-order valence-electron chi connectivity index (χ3n) is 6.52. The summed E-state index contributed by atoms with van der Waals surface area (Å²) in [6.45, 7) is 3.95. The fraction of sp³-hybridized carbons (Fsp3) is 0.333. The van der Waals surface area contributed by atoms with E-state index in [1.54, 1.807) is 6.07 Å². The smallest absolute Gasteiger partial charge is 0.244 e. The van der Waals surface area contributed by atoms with Gasteiger partial charge in [0.05, 0.1) is 24.1 Å². The van der Waals surface area contributed by atoms with Gasteiger partial charge in [-0.25, -0.2) is 8.42 Å². The minimum Gasteiger partial charge on any atom is -0.495 e. The number of anilines is 1. The van der Waals surface area contributed by atoms with Crippen molar-refractivity contribution in [2.24, 2.45) is 0 Å². The second-order valence-corrected chi connectivity index (χ2v) is 11.8. The van der Waals surface area contributed by atoms with E-state index in [1.165, 1.54) is 24.1 Å². The Bertz CT molecular complexity index is 1420. The molecule has 0 unspecified atom stereocenters. The van der Waals surface area contributed by atoms with Crippen LogP contribution in [0.4, 0.5) is 5.69 Å². The van der Waals surface area contributed by atoms with Crippen molar-refractivity contribution in [2.75, 3.05) is 30.8 Å². The van der Waals surface area contributed by atoms with Crippen LogP contribution in [0.5, 0.6) is 5.75 Å². The standard InChI is InChI=1S/C30H36ClN3O5S/c1-5-17-32-30(36)27(18-23-12-7-6-8-13-23)33(20-24-14-10-9-11-22(24)2)29(35)21-34(40(4,37)38)25-15-16-28(39-3)26(31)19-25/h6-16,19,27H,5,17-18,20-21H2,1-4H3,(H,32,36)/t27-/m1/s1. The van der Waals surface area contributed by atoms with E-state index < -0.39 is 28.5 Å². The van der Waals surface area contributed by atoms with E-state index in [1.807, 2.05) is 68.4 Å². The molecule has 0 saturated heterocycles. The molecule has 1 atom stereocenters. The van der Waals surface area contributed by atoms with Crippen LogP contribution in [0.2, 0.25) is 5.02 Å². The normalized spacial score (nSPS) is 11.9. The van der Waals surface area contributed by atoms with Crippen LogP contribution in [-0.2, 0) is 32.6 Å². The van der Waals surface area contributed by atoms with Crippen molar-refractivity contribution in [3.63, 3.8) is 0 Å². The minimum absolute atomic E-state index is 0.128. The number of nitrogens with one attached hydrogen (secondary N) is 1. The summed E-state index contributed by atoms with van der Waals surface area (Å²) in [6.07, 6.45) is 2.02. The highest BCUT2D eigenvalue weighted by atomic mass is 35.5. The maximum absolute atomic E-state index is 14.1. The molecule has 214 valence electrons. The van der Waals surface area contributed by atoms with E-state index in [-0.39, 0.29) is 29.6 Å². The summed E-state index contributed by atoms with van der Waals surface area (Å²) in [6, 6.07) is 20.7. The van der Waals surface area contributed by atoms with Gasteiger partial charge in [0.2, 0.25) is 21.8 Å². The molecule has 0 saturated carbocycles. The molecule has 0 fully saturated rings. The highest BCUT2D eigenvalue weighted by molar-refractivity contribution is 7.92. The van der Waals surface area contributed by atoms with Gasteiger partial charge in [0.1, 0.15) is 18.3 Å². The minimum atomic E-state index is -3.90. The molecule has 0 aromatic heterocycles. The number of nitrogens with zero attached hydrogens (tertiary/aromatic N) is 2. The van der Waals surface area contributed by atoms with E-state index in [9.17, 15) is 18.0 Å². The van der Waals surface area contributed by atoms with Gasteiger partial charge in [0.25, 0.3) is 0 Å². The number of sulfonamides is 1. The summed E-state index contributed by atoms with van der Waals surface area (Å²) in [7, 11) is -2.44. The first kappa shape index (κ1) is 31.0. The fourth-order valence-electron chi connectivity index (χ4n) is 4.32. The third-order valence-corrected chi connectivity index (χ3v) is 7.96. The van der Waals surface area contributed by atoms with Crippen LogP contribution in [0.15, 0.2) is 72.8 Å². The van der Waals surface area contributed by atoms with E-state index in [4.69, 9.17) is 16.3 Å². The van der Waals surface area contributed by atoms with Crippen molar-refractivity contribution >= 4 is 39.1 Å². The summed E-state index contributed by atoms with van der Waals surface area (Å²) in [5.74, 6) is -0.443. The topological polar surface area (TPSA) is 96.0 Å². The SMILES string of the molecule is CCCNC(=O)[C@@H](Cc1ccccc1)N(Cc1ccccc1C)C(=O)CN(c1ccc(OC)c(Cl)c1)S(C)(=O)=O. The quantitative estimate of drug-likeness (QED) is 0.317. The number of rotatable bonds is 13. The van der Waals surface area contributed by atoms with Gasteiger partial charge < -0.3 is 15.0 Å². The predicted octanol–water partition coefficient (Wildman–Crippen LogP) is 4.59. The van der Waals surface area contributed by atoms with Crippen molar-refractivity contribution in [1.29, 1.82) is 0 Å². The summed E-state index contributed by atoms with van der Waals surface area (Å²) in [4.78, 5) is 29.1. The molecule has 3 aromatic carbocycles. The van der Waals surface area contributed by atoms with E-state index in [2.05, 4.69) is 5.32 Å². The zero-order chi connectivity index (χ0) is 29.3. The lowest BCUT2D eigenvalue weighted by atomic mass is 10.0. The molecule has 2 amide bonds. The Hall–Kier alpha value is -3.56. The molecular formula is C30H36ClN3O5S. The van der Waals surface area contributed by atoms with Crippen LogP contribution in [0, 0.1) is 6.92 Å². The van der Waals surface area contributed by atoms with Gasteiger partial charge in [-0.3, -0.25) is 13.9 Å². The zero-order valence-electron chi connectivity index (χ0n) is 23.3. The van der Waals surface area contributed by atoms with Crippen molar-refractivity contribution in [1.82, 2.24) is 10.2 Å². The van der Waals surface area contributed by atoms with Gasteiger partial charge in [-0.15, -0.1) is 0 Å². The van der Waals surface area contributed by atoms with Crippen LogP contribution in [0.3, 0.4) is 0 Å². The summed E-state index contributed by atoms with van der Waals surface area (Å²) >= 11 is 6.28. The number of aryl methyl sites for hydroxylation is 1. The Morgan fingerprint density at radius 2 is 1.70 bits per heavy atom. The Morgan fingerprint density at radius 3 is 2.30 bits per heavy atom. The number of halogens is 1. The Morgan fingerprint density at radius 1 is 1.02 bits per heavy atom. The number of methoxy groups -OCH3 is 1. The second-order valence-electron chi connectivity index (χ2n) is 9.53. The van der Waals surface area contributed by atoms with Crippen LogP contribution < -0.4 is 14.4 Å². The molecule has 0 aliphatic heterocycles. The number of carbonyl (C=O) groups excluding carboxylic acids is 2. The number of amides is 2. The van der Waals surface area contributed by atoms with Crippen LogP contribution >= 0.6 is 11.6 Å². The average Bonchev–Trinajstić information content (AvgIpc) is 2.93. The second kappa shape index (κ2) is 14.2. The molecule has 0 radical (unpaired) electrons. The summed E-state index contributed by atoms with van der Waals surface area (Å²) in [5, 5.41) is 3.13. The highest BCUT2D eigenvalue weighted by Gasteiger charge is 2.33. The monoisotopic (exact) mass is 585 g/mol. The van der Waals surface area contributed by atoms with Gasteiger partial charge in [-0.1, -0.05) is 73.1 Å². The number of ether oxygens (including phenoxy) is 1. The first-order valence-electron chi connectivity index (χ1n) is 13.0. The molecular weight excluding hydrogens is 550 g/mol. The first-order valence-corrected chi connectivity index (χ1v) is 15.2. The maximum Gasteiger partial charge on any atom is 0.244 e. The van der Waals surface area contributed by atoms with Crippen LogP contribution in [0.1, 0.15) is 30.0 Å². The van der Waals surface area contributed by atoms with Crippen molar-refractivity contribution in [3.05, 3.63) is 94.5 Å². The molecule has 3 rings (SSSR count). The molecule has 8 nitrogen and oxygen atoms in total. The Labute approximate surface area is 241 Å². The third kappa shape index (κ3) is 8.22. The van der Waals surface area contributed by atoms with E-state index >= 15 is 0 Å².